The Labute approximate surface area is 113 Å². The minimum atomic E-state index is -0.459. The lowest BCUT2D eigenvalue weighted by Gasteiger charge is -2.24. The van der Waals surface area contributed by atoms with Crippen LogP contribution < -0.4 is 5.32 Å². The van der Waals surface area contributed by atoms with Crippen LogP contribution in [0.1, 0.15) is 25.3 Å². The normalized spacial score (nSPS) is 18.5. The smallest absolute Gasteiger partial charge is 0.129 e. The van der Waals surface area contributed by atoms with Gasteiger partial charge >= 0.3 is 0 Å². The van der Waals surface area contributed by atoms with Crippen LogP contribution in [0.25, 0.3) is 0 Å². The molecule has 1 fully saturated rings. The predicted octanol–water partition coefficient (Wildman–Crippen LogP) is 2.91. The number of halogens is 2. The first-order valence-electron chi connectivity index (χ1n) is 6.91. The van der Waals surface area contributed by atoms with Crippen molar-refractivity contribution in [2.24, 2.45) is 5.92 Å². The molecule has 0 spiro atoms. The van der Waals surface area contributed by atoms with Crippen LogP contribution in [0.2, 0.25) is 0 Å². The molecule has 106 valence electrons. The standard InChI is InChI=1S/C15H21F2NO/c1-11(18-10-12-5-7-19-8-6-12)9-13-14(16)3-2-4-15(13)17/h2-4,11-12,18H,5-10H2,1H3. The molecule has 0 saturated carbocycles. The van der Waals surface area contributed by atoms with E-state index in [9.17, 15) is 8.78 Å². The summed E-state index contributed by atoms with van der Waals surface area (Å²) >= 11 is 0. The van der Waals surface area contributed by atoms with Crippen LogP contribution in [-0.2, 0) is 11.2 Å². The van der Waals surface area contributed by atoms with Crippen LogP contribution >= 0.6 is 0 Å². The molecule has 1 unspecified atom stereocenters. The summed E-state index contributed by atoms with van der Waals surface area (Å²) in [5.41, 5.74) is 0.175. The van der Waals surface area contributed by atoms with Gasteiger partial charge in [0.05, 0.1) is 0 Å². The number of rotatable bonds is 5. The number of hydrogen-bond donors (Lipinski definition) is 1. The first kappa shape index (κ1) is 14.4. The average Bonchev–Trinajstić information content (AvgIpc) is 2.42. The summed E-state index contributed by atoms with van der Waals surface area (Å²) in [5.74, 6) is -0.305. The largest absolute Gasteiger partial charge is 0.381 e. The Morgan fingerprint density at radius 3 is 2.53 bits per heavy atom. The Bertz CT molecular complexity index is 385. The van der Waals surface area contributed by atoms with E-state index in [-0.39, 0.29) is 11.6 Å². The van der Waals surface area contributed by atoms with Crippen molar-refractivity contribution in [1.29, 1.82) is 0 Å². The highest BCUT2D eigenvalue weighted by atomic mass is 19.1. The van der Waals surface area contributed by atoms with E-state index in [1.165, 1.54) is 18.2 Å². The maximum absolute atomic E-state index is 13.5. The third-order valence-corrected chi connectivity index (χ3v) is 3.67. The van der Waals surface area contributed by atoms with Crippen LogP contribution in [0.3, 0.4) is 0 Å². The minimum absolute atomic E-state index is 0.0641. The van der Waals surface area contributed by atoms with Gasteiger partial charge in [-0.1, -0.05) is 6.07 Å². The third-order valence-electron chi connectivity index (χ3n) is 3.67. The summed E-state index contributed by atoms with van der Waals surface area (Å²) in [6.07, 6.45) is 2.50. The lowest BCUT2D eigenvalue weighted by Crippen LogP contribution is -2.35. The van der Waals surface area contributed by atoms with Crippen molar-refractivity contribution in [3.8, 4) is 0 Å². The second-order valence-electron chi connectivity index (χ2n) is 5.27. The Hall–Kier alpha value is -1.00. The highest BCUT2D eigenvalue weighted by Crippen LogP contribution is 2.16. The van der Waals surface area contributed by atoms with E-state index in [1.807, 2.05) is 6.92 Å². The first-order valence-corrected chi connectivity index (χ1v) is 6.91. The highest BCUT2D eigenvalue weighted by molar-refractivity contribution is 5.20. The van der Waals surface area contributed by atoms with Crippen molar-refractivity contribution < 1.29 is 13.5 Å². The molecular weight excluding hydrogens is 248 g/mol. The van der Waals surface area contributed by atoms with E-state index in [4.69, 9.17) is 4.74 Å². The number of ether oxygens (including phenoxy) is 1. The van der Waals surface area contributed by atoms with Gasteiger partial charge in [0, 0.05) is 24.8 Å². The van der Waals surface area contributed by atoms with Gasteiger partial charge in [-0.15, -0.1) is 0 Å². The molecule has 1 saturated heterocycles. The van der Waals surface area contributed by atoms with Gasteiger partial charge in [-0.25, -0.2) is 8.78 Å². The maximum Gasteiger partial charge on any atom is 0.129 e. The first-order chi connectivity index (χ1) is 9.16. The van der Waals surface area contributed by atoms with Gasteiger partial charge < -0.3 is 10.1 Å². The monoisotopic (exact) mass is 269 g/mol. The number of benzene rings is 1. The maximum atomic E-state index is 13.5. The van der Waals surface area contributed by atoms with E-state index in [2.05, 4.69) is 5.32 Å². The summed E-state index contributed by atoms with van der Waals surface area (Å²) in [4.78, 5) is 0. The molecule has 2 rings (SSSR count). The van der Waals surface area contributed by atoms with Crippen molar-refractivity contribution in [3.05, 3.63) is 35.4 Å². The SMILES string of the molecule is CC(Cc1c(F)cccc1F)NCC1CCOCC1. The van der Waals surface area contributed by atoms with Gasteiger partial charge in [0.15, 0.2) is 0 Å². The van der Waals surface area contributed by atoms with E-state index in [0.29, 0.717) is 12.3 Å². The fourth-order valence-electron chi connectivity index (χ4n) is 2.42. The Morgan fingerprint density at radius 1 is 1.26 bits per heavy atom. The topological polar surface area (TPSA) is 21.3 Å². The fraction of sp³-hybridized carbons (Fsp3) is 0.600. The van der Waals surface area contributed by atoms with Crippen LogP contribution in [0.15, 0.2) is 18.2 Å². The van der Waals surface area contributed by atoms with Gasteiger partial charge in [0.2, 0.25) is 0 Å². The van der Waals surface area contributed by atoms with Crippen molar-refractivity contribution in [1.82, 2.24) is 5.32 Å². The quantitative estimate of drug-likeness (QED) is 0.887. The molecule has 4 heteroatoms. The number of hydrogen-bond acceptors (Lipinski definition) is 2. The molecule has 1 N–H and O–H groups in total. The molecule has 1 aromatic carbocycles. The third kappa shape index (κ3) is 4.25. The van der Waals surface area contributed by atoms with Gasteiger partial charge in [-0.05, 0) is 50.8 Å². The molecule has 0 amide bonds. The van der Waals surface area contributed by atoms with Gasteiger partial charge in [-0.3, -0.25) is 0 Å². The Balaban J connectivity index is 1.82. The summed E-state index contributed by atoms with van der Waals surface area (Å²) in [6.45, 7) is 4.50. The second kappa shape index (κ2) is 6.96. The van der Waals surface area contributed by atoms with E-state index in [0.717, 1.165) is 32.6 Å². The van der Waals surface area contributed by atoms with E-state index >= 15 is 0 Å². The molecule has 0 aromatic heterocycles. The zero-order chi connectivity index (χ0) is 13.7. The van der Waals surface area contributed by atoms with Crippen molar-refractivity contribution in [3.63, 3.8) is 0 Å². The van der Waals surface area contributed by atoms with Gasteiger partial charge in [-0.2, -0.15) is 0 Å². The molecule has 1 atom stereocenters. The van der Waals surface area contributed by atoms with Crippen molar-refractivity contribution in [2.45, 2.75) is 32.2 Å². The Morgan fingerprint density at radius 2 is 1.89 bits per heavy atom. The molecule has 0 aliphatic carbocycles. The van der Waals surface area contributed by atoms with E-state index < -0.39 is 11.6 Å². The predicted molar refractivity (Wildman–Crippen MR) is 71.1 cm³/mol. The molecule has 19 heavy (non-hydrogen) atoms. The zero-order valence-corrected chi connectivity index (χ0v) is 11.3. The van der Waals surface area contributed by atoms with Crippen LogP contribution in [-0.4, -0.2) is 25.8 Å². The molecule has 1 aliphatic rings. The molecule has 1 heterocycles. The van der Waals surface area contributed by atoms with Crippen LogP contribution in [0.5, 0.6) is 0 Å². The Kier molecular flexibility index (Phi) is 5.28. The number of nitrogens with one attached hydrogen (secondary N) is 1. The second-order valence-corrected chi connectivity index (χ2v) is 5.27. The molecule has 2 nitrogen and oxygen atoms in total. The minimum Gasteiger partial charge on any atom is -0.381 e. The summed E-state index contributed by atoms with van der Waals surface area (Å²) in [7, 11) is 0. The lowest BCUT2D eigenvalue weighted by atomic mass is 9.99. The lowest BCUT2D eigenvalue weighted by molar-refractivity contribution is 0.0656. The molecule has 0 radical (unpaired) electrons. The van der Waals surface area contributed by atoms with Crippen LogP contribution in [0, 0.1) is 17.6 Å². The average molecular weight is 269 g/mol. The summed E-state index contributed by atoms with van der Waals surface area (Å²) < 4.78 is 32.3. The van der Waals surface area contributed by atoms with Crippen LogP contribution in [0.4, 0.5) is 8.78 Å². The molecule has 1 aliphatic heterocycles. The van der Waals surface area contributed by atoms with E-state index in [1.54, 1.807) is 0 Å². The van der Waals surface area contributed by atoms with Crippen molar-refractivity contribution >= 4 is 0 Å². The fourth-order valence-corrected chi connectivity index (χ4v) is 2.42. The highest BCUT2D eigenvalue weighted by Gasteiger charge is 2.16. The summed E-state index contributed by atoms with van der Waals surface area (Å²) in [5, 5.41) is 3.37. The molecule has 1 aromatic rings. The van der Waals surface area contributed by atoms with Gasteiger partial charge in [0.1, 0.15) is 11.6 Å². The molecule has 0 bridgehead atoms. The zero-order valence-electron chi connectivity index (χ0n) is 11.3. The summed E-state index contributed by atoms with van der Waals surface area (Å²) in [6, 6.07) is 4.08. The molecular formula is C15H21F2NO. The van der Waals surface area contributed by atoms with Gasteiger partial charge in [0.25, 0.3) is 0 Å². The van der Waals surface area contributed by atoms with Crippen molar-refractivity contribution in [2.75, 3.05) is 19.8 Å².